The van der Waals surface area contributed by atoms with Gasteiger partial charge in [0.2, 0.25) is 5.91 Å². The van der Waals surface area contributed by atoms with Gasteiger partial charge in [0.25, 0.3) is 0 Å². The lowest BCUT2D eigenvalue weighted by Crippen LogP contribution is -2.28. The van der Waals surface area contributed by atoms with Crippen molar-refractivity contribution in [3.8, 4) is 0 Å². The molecule has 1 amide bonds. The van der Waals surface area contributed by atoms with E-state index in [4.69, 9.17) is 11.6 Å². The molecule has 5 heteroatoms. The van der Waals surface area contributed by atoms with Crippen LogP contribution in [0.25, 0.3) is 5.65 Å². The predicted molar refractivity (Wildman–Crippen MR) is 86.9 cm³/mol. The van der Waals surface area contributed by atoms with Crippen molar-refractivity contribution < 1.29 is 4.79 Å². The van der Waals surface area contributed by atoms with E-state index in [0.717, 1.165) is 16.9 Å². The normalized spacial score (nSPS) is 12.3. The summed E-state index contributed by atoms with van der Waals surface area (Å²) in [6.07, 6.45) is 3.85. The summed E-state index contributed by atoms with van der Waals surface area (Å²) in [5.41, 5.74) is 2.58. The lowest BCUT2D eigenvalue weighted by atomic mass is 10.1. The average Bonchev–Trinajstić information content (AvgIpc) is 2.89. The van der Waals surface area contributed by atoms with Gasteiger partial charge >= 0.3 is 0 Å². The van der Waals surface area contributed by atoms with Crippen molar-refractivity contribution in [3.05, 3.63) is 71.1 Å². The fourth-order valence-corrected chi connectivity index (χ4v) is 2.55. The van der Waals surface area contributed by atoms with Crippen LogP contribution in [0.1, 0.15) is 24.2 Å². The quantitative estimate of drug-likeness (QED) is 0.802. The highest BCUT2D eigenvalue weighted by Crippen LogP contribution is 2.13. The van der Waals surface area contributed by atoms with Gasteiger partial charge in [0.1, 0.15) is 5.65 Å². The molecule has 112 valence electrons. The lowest BCUT2D eigenvalue weighted by molar-refractivity contribution is -0.121. The molecule has 1 aromatic carbocycles. The number of nitrogens with zero attached hydrogens (tertiary/aromatic N) is 2. The number of hydrogen-bond donors (Lipinski definition) is 1. The first-order valence-corrected chi connectivity index (χ1v) is 7.47. The van der Waals surface area contributed by atoms with E-state index < -0.39 is 0 Å². The van der Waals surface area contributed by atoms with Crippen LogP contribution in [0, 0.1) is 0 Å². The number of imidazole rings is 1. The summed E-state index contributed by atoms with van der Waals surface area (Å²) >= 11 is 5.94. The Kier molecular flexibility index (Phi) is 4.11. The smallest absolute Gasteiger partial charge is 0.226 e. The Bertz CT molecular complexity index is 798. The van der Waals surface area contributed by atoms with Gasteiger partial charge < -0.3 is 9.72 Å². The van der Waals surface area contributed by atoms with Crippen molar-refractivity contribution in [2.75, 3.05) is 0 Å². The maximum absolute atomic E-state index is 12.2. The Balaban J connectivity index is 1.68. The first-order valence-electron chi connectivity index (χ1n) is 7.09. The first kappa shape index (κ1) is 14.6. The molecule has 3 rings (SSSR count). The summed E-state index contributed by atoms with van der Waals surface area (Å²) in [5, 5.41) is 3.62. The number of benzene rings is 1. The van der Waals surface area contributed by atoms with Crippen LogP contribution in [-0.4, -0.2) is 15.3 Å². The van der Waals surface area contributed by atoms with Crippen LogP contribution >= 0.6 is 11.6 Å². The van der Waals surface area contributed by atoms with Crippen LogP contribution in [0.3, 0.4) is 0 Å². The zero-order valence-electron chi connectivity index (χ0n) is 12.2. The topological polar surface area (TPSA) is 46.4 Å². The van der Waals surface area contributed by atoms with Gasteiger partial charge in [-0.25, -0.2) is 4.98 Å². The van der Waals surface area contributed by atoms with Gasteiger partial charge in [-0.15, -0.1) is 0 Å². The molecule has 3 aromatic rings. The van der Waals surface area contributed by atoms with E-state index in [2.05, 4.69) is 10.3 Å². The molecule has 1 unspecified atom stereocenters. The number of aromatic nitrogens is 2. The lowest BCUT2D eigenvalue weighted by Gasteiger charge is -2.13. The number of nitrogens with one attached hydrogen (secondary N) is 1. The van der Waals surface area contributed by atoms with Crippen LogP contribution in [-0.2, 0) is 11.2 Å². The summed E-state index contributed by atoms with van der Waals surface area (Å²) in [4.78, 5) is 16.6. The second kappa shape index (κ2) is 6.20. The number of carbonyl (C=O) groups is 1. The Labute approximate surface area is 133 Å². The molecule has 0 saturated heterocycles. The van der Waals surface area contributed by atoms with E-state index in [1.165, 1.54) is 0 Å². The van der Waals surface area contributed by atoms with Crippen LogP contribution in [0.2, 0.25) is 5.02 Å². The highest BCUT2D eigenvalue weighted by atomic mass is 35.5. The van der Waals surface area contributed by atoms with E-state index in [-0.39, 0.29) is 18.4 Å². The van der Waals surface area contributed by atoms with Gasteiger partial charge in [-0.2, -0.15) is 0 Å². The summed E-state index contributed by atoms with van der Waals surface area (Å²) < 4.78 is 1.82. The fourth-order valence-electron chi connectivity index (χ4n) is 2.38. The van der Waals surface area contributed by atoms with Gasteiger partial charge in [-0.3, -0.25) is 4.79 Å². The number of halogens is 1. The standard InChI is InChI=1S/C17H16ClN3O/c1-12(13-5-3-2-4-6-13)19-17(22)9-15-11-21-10-14(18)7-8-16(21)20-15/h2-8,10-12H,9H2,1H3,(H,19,22). The number of carbonyl (C=O) groups excluding carboxylic acids is 1. The number of hydrogen-bond acceptors (Lipinski definition) is 2. The third kappa shape index (κ3) is 3.28. The molecule has 0 fully saturated rings. The van der Waals surface area contributed by atoms with Crippen LogP contribution in [0.15, 0.2) is 54.9 Å². The molecular formula is C17H16ClN3O. The molecule has 22 heavy (non-hydrogen) atoms. The summed E-state index contributed by atoms with van der Waals surface area (Å²) in [6, 6.07) is 13.5. The van der Waals surface area contributed by atoms with Crippen molar-refractivity contribution in [2.45, 2.75) is 19.4 Å². The largest absolute Gasteiger partial charge is 0.349 e. The van der Waals surface area contributed by atoms with Crippen LogP contribution in [0.5, 0.6) is 0 Å². The van der Waals surface area contributed by atoms with Crippen molar-refractivity contribution >= 4 is 23.2 Å². The molecule has 0 aliphatic carbocycles. The van der Waals surface area contributed by atoms with Crippen molar-refractivity contribution in [1.29, 1.82) is 0 Å². The molecule has 0 spiro atoms. The maximum Gasteiger partial charge on any atom is 0.226 e. The average molecular weight is 314 g/mol. The molecule has 4 nitrogen and oxygen atoms in total. The Morgan fingerprint density at radius 3 is 2.77 bits per heavy atom. The molecule has 1 N–H and O–H groups in total. The number of rotatable bonds is 4. The number of fused-ring (bicyclic) bond motifs is 1. The van der Waals surface area contributed by atoms with Crippen molar-refractivity contribution in [2.24, 2.45) is 0 Å². The Morgan fingerprint density at radius 1 is 1.23 bits per heavy atom. The Morgan fingerprint density at radius 2 is 2.00 bits per heavy atom. The zero-order chi connectivity index (χ0) is 15.5. The zero-order valence-corrected chi connectivity index (χ0v) is 12.9. The minimum absolute atomic E-state index is 0.0276. The summed E-state index contributed by atoms with van der Waals surface area (Å²) in [5.74, 6) is -0.0501. The maximum atomic E-state index is 12.2. The van der Waals surface area contributed by atoms with E-state index in [0.29, 0.717) is 5.02 Å². The number of pyridine rings is 1. The van der Waals surface area contributed by atoms with Gasteiger partial charge in [0, 0.05) is 12.4 Å². The molecule has 1 atom stereocenters. The molecular weight excluding hydrogens is 298 g/mol. The predicted octanol–water partition coefficient (Wildman–Crippen LogP) is 3.41. The van der Waals surface area contributed by atoms with Crippen LogP contribution in [0.4, 0.5) is 0 Å². The second-order valence-corrected chi connectivity index (χ2v) is 5.66. The van der Waals surface area contributed by atoms with Gasteiger partial charge in [-0.05, 0) is 24.6 Å². The van der Waals surface area contributed by atoms with Crippen molar-refractivity contribution in [1.82, 2.24) is 14.7 Å². The molecule has 0 saturated carbocycles. The van der Waals surface area contributed by atoms with Gasteiger partial charge in [-0.1, -0.05) is 41.9 Å². The SMILES string of the molecule is CC(NC(=O)Cc1cn2cc(Cl)ccc2n1)c1ccccc1. The first-order chi connectivity index (χ1) is 10.6. The van der Waals surface area contributed by atoms with E-state index in [1.807, 2.05) is 53.9 Å². The highest BCUT2D eigenvalue weighted by molar-refractivity contribution is 6.30. The monoisotopic (exact) mass is 313 g/mol. The second-order valence-electron chi connectivity index (χ2n) is 5.22. The molecule has 0 bridgehead atoms. The van der Waals surface area contributed by atoms with E-state index >= 15 is 0 Å². The van der Waals surface area contributed by atoms with Gasteiger partial charge in [0.05, 0.1) is 23.2 Å². The third-order valence-electron chi connectivity index (χ3n) is 3.48. The molecule has 2 aromatic heterocycles. The van der Waals surface area contributed by atoms with Gasteiger partial charge in [0.15, 0.2) is 0 Å². The van der Waals surface area contributed by atoms with E-state index in [1.54, 1.807) is 12.3 Å². The summed E-state index contributed by atoms with van der Waals surface area (Å²) in [6.45, 7) is 1.97. The molecule has 2 heterocycles. The molecule has 0 aliphatic rings. The van der Waals surface area contributed by atoms with Crippen LogP contribution < -0.4 is 5.32 Å². The molecule has 0 aliphatic heterocycles. The minimum atomic E-state index is -0.0501. The number of amides is 1. The van der Waals surface area contributed by atoms with E-state index in [9.17, 15) is 4.79 Å². The fraction of sp³-hybridized carbons (Fsp3) is 0.176. The van der Waals surface area contributed by atoms with Crippen molar-refractivity contribution in [3.63, 3.8) is 0 Å². The highest BCUT2D eigenvalue weighted by Gasteiger charge is 2.12. The minimum Gasteiger partial charge on any atom is -0.349 e. The molecule has 0 radical (unpaired) electrons. The third-order valence-corrected chi connectivity index (χ3v) is 3.71. The summed E-state index contributed by atoms with van der Waals surface area (Å²) in [7, 11) is 0. The Hall–Kier alpha value is -2.33.